The second-order valence-corrected chi connectivity index (χ2v) is 8.86. The number of hydrogen-bond acceptors (Lipinski definition) is 9. The summed E-state index contributed by atoms with van der Waals surface area (Å²) in [6, 6.07) is 11.7. The highest BCUT2D eigenvalue weighted by Gasteiger charge is 2.19. The number of ether oxygens (including phenoxy) is 2. The molecule has 0 radical (unpaired) electrons. The molecule has 10 nitrogen and oxygen atoms in total. The minimum Gasteiger partial charge on any atom is -0.481 e. The van der Waals surface area contributed by atoms with Crippen LogP contribution in [0.5, 0.6) is 11.8 Å². The molecule has 1 amide bonds. The van der Waals surface area contributed by atoms with Gasteiger partial charge in [0.1, 0.15) is 5.82 Å². The largest absolute Gasteiger partial charge is 0.481 e. The first kappa shape index (κ1) is 24.0. The molecule has 2 aromatic heterocycles. The summed E-state index contributed by atoms with van der Waals surface area (Å²) in [5.74, 6) is 1.53. The summed E-state index contributed by atoms with van der Waals surface area (Å²) in [4.78, 5) is 23.3. The molecule has 0 spiro atoms. The number of nitrogens with zero attached hydrogens (tertiary/aromatic N) is 6. The molecular formula is C23H29N7O3S. The topological polar surface area (TPSA) is 107 Å². The number of thioether (sulfide) groups is 1. The summed E-state index contributed by atoms with van der Waals surface area (Å²) in [5.41, 5.74) is 1.16. The van der Waals surface area contributed by atoms with E-state index in [-0.39, 0.29) is 17.6 Å². The molecule has 0 atom stereocenters. The molecule has 0 unspecified atom stereocenters. The summed E-state index contributed by atoms with van der Waals surface area (Å²) in [6.07, 6.45) is 3.71. The number of nitrogens with one attached hydrogen (secondary N) is 1. The van der Waals surface area contributed by atoms with Crippen molar-refractivity contribution in [2.75, 3.05) is 38.4 Å². The van der Waals surface area contributed by atoms with Crippen LogP contribution in [0.3, 0.4) is 0 Å². The van der Waals surface area contributed by atoms with Crippen molar-refractivity contribution >= 4 is 23.6 Å². The molecule has 0 aliphatic carbocycles. The third-order valence-electron chi connectivity index (χ3n) is 5.47. The molecule has 4 rings (SSSR count). The molecule has 0 saturated carbocycles. The van der Waals surface area contributed by atoms with E-state index in [9.17, 15) is 4.79 Å². The summed E-state index contributed by atoms with van der Waals surface area (Å²) in [6.45, 7) is 3.56. The van der Waals surface area contributed by atoms with E-state index < -0.39 is 0 Å². The van der Waals surface area contributed by atoms with E-state index in [2.05, 4.69) is 47.1 Å². The van der Waals surface area contributed by atoms with Crippen molar-refractivity contribution in [1.29, 1.82) is 0 Å². The maximum absolute atomic E-state index is 12.6. The van der Waals surface area contributed by atoms with Gasteiger partial charge in [0.05, 0.1) is 39.1 Å². The van der Waals surface area contributed by atoms with Gasteiger partial charge in [-0.15, -0.1) is 10.2 Å². The number of benzene rings is 1. The smallest absolute Gasteiger partial charge is 0.237 e. The van der Waals surface area contributed by atoms with Crippen LogP contribution in [0.25, 0.3) is 0 Å². The normalized spacial score (nSPS) is 14.1. The molecule has 1 aromatic carbocycles. The number of anilines is 1. The van der Waals surface area contributed by atoms with Gasteiger partial charge in [0, 0.05) is 0 Å². The summed E-state index contributed by atoms with van der Waals surface area (Å²) in [7, 11) is 2.98. The Morgan fingerprint density at radius 3 is 2.38 bits per heavy atom. The zero-order chi connectivity index (χ0) is 23.8. The highest BCUT2D eigenvalue weighted by Crippen LogP contribution is 2.22. The molecule has 1 aliphatic rings. The number of rotatable bonds is 10. The minimum absolute atomic E-state index is 0.123. The van der Waals surface area contributed by atoms with Crippen molar-refractivity contribution in [3.63, 3.8) is 0 Å². The minimum atomic E-state index is -0.257. The summed E-state index contributed by atoms with van der Waals surface area (Å²) < 4.78 is 12.4. The van der Waals surface area contributed by atoms with Gasteiger partial charge in [-0.1, -0.05) is 48.5 Å². The lowest BCUT2D eigenvalue weighted by Crippen LogP contribution is -2.30. The van der Waals surface area contributed by atoms with Crippen LogP contribution in [0, 0.1) is 0 Å². The van der Waals surface area contributed by atoms with E-state index in [1.54, 1.807) is 6.07 Å². The fourth-order valence-electron chi connectivity index (χ4n) is 3.74. The van der Waals surface area contributed by atoms with Gasteiger partial charge < -0.3 is 14.0 Å². The monoisotopic (exact) mass is 483 g/mol. The van der Waals surface area contributed by atoms with Crippen LogP contribution < -0.4 is 14.8 Å². The van der Waals surface area contributed by atoms with Gasteiger partial charge in [-0.25, -0.2) is 0 Å². The Labute approximate surface area is 203 Å². The Bertz CT molecular complexity index is 1070. The van der Waals surface area contributed by atoms with Crippen LogP contribution in [0.15, 0.2) is 41.6 Å². The van der Waals surface area contributed by atoms with E-state index in [0.717, 1.165) is 31.0 Å². The second-order valence-electron chi connectivity index (χ2n) is 7.92. The fourth-order valence-corrected chi connectivity index (χ4v) is 4.50. The van der Waals surface area contributed by atoms with Crippen molar-refractivity contribution < 1.29 is 14.3 Å². The SMILES string of the molecule is COc1cc(OC)nc(NC(=O)CSc2nnc(CN3CCCCC3)n2Cc2ccccc2)n1. The lowest BCUT2D eigenvalue weighted by atomic mass is 10.1. The predicted octanol–water partition coefficient (Wildman–Crippen LogP) is 2.85. The van der Waals surface area contributed by atoms with Crippen molar-refractivity contribution in [1.82, 2.24) is 29.6 Å². The first-order valence-corrected chi connectivity index (χ1v) is 12.2. The standard InChI is InChI=1S/C23H29N7O3S/c1-32-20-13-21(33-2)26-22(25-20)24-19(31)16-34-23-28-27-18(15-29-11-7-4-8-12-29)30(23)14-17-9-5-3-6-10-17/h3,5-6,9-10,13H,4,7-8,11-12,14-16H2,1-2H3,(H,24,25,26,31). The van der Waals surface area contributed by atoms with Crippen molar-refractivity contribution in [3.05, 3.63) is 47.8 Å². The summed E-state index contributed by atoms with van der Waals surface area (Å²) >= 11 is 1.34. The lowest BCUT2D eigenvalue weighted by Gasteiger charge is -2.26. The first-order chi connectivity index (χ1) is 16.6. The Morgan fingerprint density at radius 2 is 1.71 bits per heavy atom. The Balaban J connectivity index is 1.45. The van der Waals surface area contributed by atoms with Crippen LogP contribution in [-0.2, 0) is 17.9 Å². The van der Waals surface area contributed by atoms with Gasteiger partial charge in [0.15, 0.2) is 5.16 Å². The van der Waals surface area contributed by atoms with E-state index in [0.29, 0.717) is 23.5 Å². The van der Waals surface area contributed by atoms with Gasteiger partial charge in [0.2, 0.25) is 23.6 Å². The predicted molar refractivity (Wildman–Crippen MR) is 129 cm³/mol. The third-order valence-corrected chi connectivity index (χ3v) is 6.44. The maximum atomic E-state index is 12.6. The molecular weight excluding hydrogens is 454 g/mol. The number of carbonyl (C=O) groups is 1. The van der Waals surface area contributed by atoms with Gasteiger partial charge in [-0.05, 0) is 31.5 Å². The molecule has 1 saturated heterocycles. The number of amides is 1. The quantitative estimate of drug-likeness (QED) is 0.436. The van der Waals surface area contributed by atoms with Gasteiger partial charge in [0.25, 0.3) is 0 Å². The molecule has 11 heteroatoms. The number of piperidine rings is 1. The number of aromatic nitrogens is 5. The Kier molecular flexibility index (Phi) is 8.31. The van der Waals surface area contributed by atoms with E-state index >= 15 is 0 Å². The van der Waals surface area contributed by atoms with Gasteiger partial charge in [-0.2, -0.15) is 9.97 Å². The van der Waals surface area contributed by atoms with Crippen LogP contribution in [0.4, 0.5) is 5.95 Å². The zero-order valence-electron chi connectivity index (χ0n) is 19.4. The van der Waals surface area contributed by atoms with Crippen LogP contribution in [-0.4, -0.2) is 68.6 Å². The molecule has 34 heavy (non-hydrogen) atoms. The second kappa shape index (κ2) is 11.8. The highest BCUT2D eigenvalue weighted by atomic mass is 32.2. The number of carbonyl (C=O) groups excluding carboxylic acids is 1. The van der Waals surface area contributed by atoms with Crippen molar-refractivity contribution in [3.8, 4) is 11.8 Å². The molecule has 3 aromatic rings. The van der Waals surface area contributed by atoms with Crippen molar-refractivity contribution in [2.45, 2.75) is 37.5 Å². The number of methoxy groups -OCH3 is 2. The molecule has 1 fully saturated rings. The first-order valence-electron chi connectivity index (χ1n) is 11.2. The average Bonchev–Trinajstić information content (AvgIpc) is 3.24. The van der Waals surface area contributed by atoms with E-state index in [4.69, 9.17) is 9.47 Å². The average molecular weight is 484 g/mol. The fraction of sp³-hybridized carbons (Fsp3) is 0.435. The highest BCUT2D eigenvalue weighted by molar-refractivity contribution is 7.99. The van der Waals surface area contributed by atoms with Gasteiger partial charge >= 0.3 is 0 Å². The molecule has 0 bridgehead atoms. The van der Waals surface area contributed by atoms with Gasteiger partial charge in [-0.3, -0.25) is 15.0 Å². The van der Waals surface area contributed by atoms with E-state index in [1.807, 2.05) is 18.2 Å². The molecule has 1 N–H and O–H groups in total. The van der Waals surface area contributed by atoms with E-state index in [1.165, 1.54) is 45.2 Å². The number of likely N-dealkylation sites (tertiary alicyclic amines) is 1. The third kappa shape index (κ3) is 6.45. The Hall–Kier alpha value is -3.18. The Morgan fingerprint density at radius 1 is 1.00 bits per heavy atom. The number of hydrogen-bond donors (Lipinski definition) is 1. The lowest BCUT2D eigenvalue weighted by molar-refractivity contribution is -0.113. The molecule has 180 valence electrons. The van der Waals surface area contributed by atoms with Crippen molar-refractivity contribution in [2.24, 2.45) is 0 Å². The van der Waals surface area contributed by atoms with Crippen LogP contribution >= 0.6 is 11.8 Å². The molecule has 1 aliphatic heterocycles. The summed E-state index contributed by atoms with van der Waals surface area (Å²) in [5, 5.41) is 12.3. The maximum Gasteiger partial charge on any atom is 0.237 e. The van der Waals surface area contributed by atoms with Crippen LogP contribution in [0.2, 0.25) is 0 Å². The molecule has 3 heterocycles. The zero-order valence-corrected chi connectivity index (χ0v) is 20.3. The van der Waals surface area contributed by atoms with Crippen LogP contribution in [0.1, 0.15) is 30.7 Å².